The zero-order chi connectivity index (χ0) is 15.8. The van der Waals surface area contributed by atoms with E-state index in [-0.39, 0.29) is 11.9 Å². The van der Waals surface area contributed by atoms with Gasteiger partial charge in [-0.15, -0.1) is 0 Å². The van der Waals surface area contributed by atoms with E-state index in [4.69, 9.17) is 5.73 Å². The standard InChI is InChI=1S/C15H34N4O/c1-13(2)17-15(3,14(16)20)9-7-11-19(6)12-8-10-18(4)5/h13,17H,7-12H2,1-6H3,(H2,16,20). The molecule has 120 valence electrons. The van der Waals surface area contributed by atoms with E-state index in [2.05, 4.69) is 36.3 Å². The van der Waals surface area contributed by atoms with Gasteiger partial charge in [0.15, 0.2) is 0 Å². The molecule has 1 unspecified atom stereocenters. The van der Waals surface area contributed by atoms with Gasteiger partial charge in [-0.1, -0.05) is 0 Å². The maximum Gasteiger partial charge on any atom is 0.237 e. The average Bonchev–Trinajstić information content (AvgIpc) is 2.27. The van der Waals surface area contributed by atoms with E-state index in [1.54, 1.807) is 0 Å². The Hall–Kier alpha value is -0.650. The van der Waals surface area contributed by atoms with Crippen molar-refractivity contribution >= 4 is 5.91 Å². The highest BCUT2D eigenvalue weighted by molar-refractivity contribution is 5.84. The molecule has 0 bridgehead atoms. The predicted octanol–water partition coefficient (Wildman–Crippen LogP) is 0.892. The number of nitrogens with zero attached hydrogens (tertiary/aromatic N) is 2. The minimum atomic E-state index is -0.599. The van der Waals surface area contributed by atoms with Gasteiger partial charge in [-0.2, -0.15) is 0 Å². The maximum atomic E-state index is 11.6. The highest BCUT2D eigenvalue weighted by atomic mass is 16.1. The molecule has 0 aromatic rings. The molecule has 0 aliphatic rings. The van der Waals surface area contributed by atoms with Crippen molar-refractivity contribution in [1.29, 1.82) is 0 Å². The number of nitrogens with one attached hydrogen (secondary N) is 1. The molecule has 0 saturated carbocycles. The van der Waals surface area contributed by atoms with Gasteiger partial charge in [0.05, 0.1) is 5.54 Å². The van der Waals surface area contributed by atoms with Gasteiger partial charge < -0.3 is 20.9 Å². The SMILES string of the molecule is CC(C)NC(C)(CCCN(C)CCCN(C)C)C(N)=O. The molecule has 0 spiro atoms. The van der Waals surface area contributed by atoms with Gasteiger partial charge in [-0.05, 0) is 80.8 Å². The van der Waals surface area contributed by atoms with E-state index in [1.165, 1.54) is 6.42 Å². The molecule has 0 aliphatic heterocycles. The van der Waals surface area contributed by atoms with E-state index >= 15 is 0 Å². The van der Waals surface area contributed by atoms with Crippen LogP contribution in [-0.4, -0.2) is 68.1 Å². The molecule has 0 aliphatic carbocycles. The number of carbonyl (C=O) groups excluding carboxylic acids is 1. The first-order chi connectivity index (χ1) is 9.17. The van der Waals surface area contributed by atoms with Crippen LogP contribution in [0.15, 0.2) is 0 Å². The number of amides is 1. The summed E-state index contributed by atoms with van der Waals surface area (Å²) in [5.74, 6) is -0.263. The van der Waals surface area contributed by atoms with Crippen molar-refractivity contribution in [2.24, 2.45) is 5.73 Å². The molecule has 0 heterocycles. The summed E-state index contributed by atoms with van der Waals surface area (Å²) in [6.07, 6.45) is 2.91. The summed E-state index contributed by atoms with van der Waals surface area (Å²) >= 11 is 0. The van der Waals surface area contributed by atoms with E-state index in [9.17, 15) is 4.79 Å². The third-order valence-corrected chi connectivity index (χ3v) is 3.51. The molecule has 0 aromatic heterocycles. The molecule has 1 amide bonds. The van der Waals surface area contributed by atoms with Crippen LogP contribution in [0.1, 0.15) is 40.0 Å². The first kappa shape index (κ1) is 19.4. The second-order valence-electron chi connectivity index (χ2n) is 6.56. The van der Waals surface area contributed by atoms with Crippen LogP contribution in [0.2, 0.25) is 0 Å². The quantitative estimate of drug-likeness (QED) is 0.592. The highest BCUT2D eigenvalue weighted by Gasteiger charge is 2.30. The van der Waals surface area contributed by atoms with Crippen LogP contribution < -0.4 is 11.1 Å². The molecule has 5 heteroatoms. The van der Waals surface area contributed by atoms with Crippen molar-refractivity contribution in [2.75, 3.05) is 40.8 Å². The largest absolute Gasteiger partial charge is 0.368 e. The lowest BCUT2D eigenvalue weighted by molar-refractivity contribution is -0.124. The van der Waals surface area contributed by atoms with Crippen LogP contribution in [0.4, 0.5) is 0 Å². The van der Waals surface area contributed by atoms with Crippen LogP contribution in [0.3, 0.4) is 0 Å². The summed E-state index contributed by atoms with van der Waals surface area (Å²) in [7, 11) is 6.32. The smallest absolute Gasteiger partial charge is 0.237 e. The molecule has 0 radical (unpaired) electrons. The van der Waals surface area contributed by atoms with Crippen LogP contribution >= 0.6 is 0 Å². The molecule has 20 heavy (non-hydrogen) atoms. The van der Waals surface area contributed by atoms with Crippen molar-refractivity contribution in [3.63, 3.8) is 0 Å². The van der Waals surface area contributed by atoms with E-state index < -0.39 is 5.54 Å². The van der Waals surface area contributed by atoms with Gasteiger partial charge in [0, 0.05) is 6.04 Å². The summed E-state index contributed by atoms with van der Waals surface area (Å²) in [5.41, 5.74) is 4.93. The Morgan fingerprint density at radius 3 is 2.15 bits per heavy atom. The minimum Gasteiger partial charge on any atom is -0.368 e. The second-order valence-corrected chi connectivity index (χ2v) is 6.56. The van der Waals surface area contributed by atoms with Crippen molar-refractivity contribution in [2.45, 2.75) is 51.6 Å². The number of hydrogen-bond donors (Lipinski definition) is 2. The normalized spacial score (nSPS) is 15.1. The van der Waals surface area contributed by atoms with Crippen LogP contribution in [0, 0.1) is 0 Å². The Morgan fingerprint density at radius 1 is 1.15 bits per heavy atom. The maximum absolute atomic E-state index is 11.6. The Kier molecular flexibility index (Phi) is 9.01. The summed E-state index contributed by atoms with van der Waals surface area (Å²) in [6.45, 7) is 9.17. The second kappa shape index (κ2) is 9.32. The monoisotopic (exact) mass is 286 g/mol. The summed E-state index contributed by atoms with van der Waals surface area (Å²) < 4.78 is 0. The Bertz CT molecular complexity index is 281. The van der Waals surface area contributed by atoms with E-state index in [0.717, 1.165) is 32.5 Å². The Morgan fingerprint density at radius 2 is 1.70 bits per heavy atom. The molecule has 0 rings (SSSR count). The molecular formula is C15H34N4O. The minimum absolute atomic E-state index is 0.255. The third kappa shape index (κ3) is 8.51. The van der Waals surface area contributed by atoms with Gasteiger partial charge in [-0.25, -0.2) is 0 Å². The van der Waals surface area contributed by atoms with Crippen LogP contribution in [0.25, 0.3) is 0 Å². The summed E-state index contributed by atoms with van der Waals surface area (Å²) in [4.78, 5) is 16.1. The molecule has 0 aromatic carbocycles. The zero-order valence-electron chi connectivity index (χ0n) is 14.2. The first-order valence-electron chi connectivity index (χ1n) is 7.58. The lowest BCUT2D eigenvalue weighted by Gasteiger charge is -2.30. The number of primary amides is 1. The highest BCUT2D eigenvalue weighted by Crippen LogP contribution is 2.13. The van der Waals surface area contributed by atoms with Crippen molar-refractivity contribution in [1.82, 2.24) is 15.1 Å². The number of hydrogen-bond acceptors (Lipinski definition) is 4. The van der Waals surface area contributed by atoms with Crippen molar-refractivity contribution in [3.8, 4) is 0 Å². The lowest BCUT2D eigenvalue weighted by atomic mass is 9.94. The van der Waals surface area contributed by atoms with Crippen LogP contribution in [-0.2, 0) is 4.79 Å². The van der Waals surface area contributed by atoms with Gasteiger partial charge in [0.2, 0.25) is 5.91 Å². The number of nitrogens with two attached hydrogens (primary N) is 1. The molecular weight excluding hydrogens is 252 g/mol. The zero-order valence-corrected chi connectivity index (χ0v) is 14.2. The summed E-state index contributed by atoms with van der Waals surface area (Å²) in [6, 6.07) is 0.255. The average molecular weight is 286 g/mol. The summed E-state index contributed by atoms with van der Waals surface area (Å²) in [5, 5.41) is 3.29. The van der Waals surface area contributed by atoms with E-state index in [1.807, 2.05) is 20.8 Å². The predicted molar refractivity (Wildman–Crippen MR) is 85.8 cm³/mol. The fraction of sp³-hybridized carbons (Fsp3) is 0.933. The Labute approximate surface area is 124 Å². The third-order valence-electron chi connectivity index (χ3n) is 3.51. The topological polar surface area (TPSA) is 61.6 Å². The number of rotatable bonds is 11. The first-order valence-corrected chi connectivity index (χ1v) is 7.58. The van der Waals surface area contributed by atoms with Gasteiger partial charge in [0.1, 0.15) is 0 Å². The lowest BCUT2D eigenvalue weighted by Crippen LogP contribution is -2.55. The number of carbonyl (C=O) groups is 1. The molecule has 0 fully saturated rings. The molecule has 0 saturated heterocycles. The van der Waals surface area contributed by atoms with Crippen molar-refractivity contribution in [3.05, 3.63) is 0 Å². The fourth-order valence-corrected chi connectivity index (χ4v) is 2.37. The van der Waals surface area contributed by atoms with Gasteiger partial charge in [0.25, 0.3) is 0 Å². The molecule has 3 N–H and O–H groups in total. The molecule has 1 atom stereocenters. The molecule has 5 nitrogen and oxygen atoms in total. The van der Waals surface area contributed by atoms with Gasteiger partial charge in [-0.3, -0.25) is 4.79 Å². The van der Waals surface area contributed by atoms with E-state index in [0.29, 0.717) is 0 Å². The van der Waals surface area contributed by atoms with Crippen molar-refractivity contribution < 1.29 is 4.79 Å². The fourth-order valence-electron chi connectivity index (χ4n) is 2.37. The Balaban J connectivity index is 4.02. The van der Waals surface area contributed by atoms with Crippen LogP contribution in [0.5, 0.6) is 0 Å². The van der Waals surface area contributed by atoms with Gasteiger partial charge >= 0.3 is 0 Å².